The molecule has 0 unspecified atom stereocenters. The maximum atomic E-state index is 12.9. The van der Waals surface area contributed by atoms with E-state index in [2.05, 4.69) is 4.98 Å². The van der Waals surface area contributed by atoms with Gasteiger partial charge in [0.1, 0.15) is 17.3 Å². The minimum Gasteiger partial charge on any atom is -0.459 e. The lowest BCUT2D eigenvalue weighted by molar-refractivity contribution is -0.154. The first kappa shape index (κ1) is 16.2. The van der Waals surface area contributed by atoms with Crippen LogP contribution >= 0.6 is 11.6 Å². The molecule has 1 N–H and O–H groups in total. The molecule has 2 aliphatic rings. The zero-order valence-corrected chi connectivity index (χ0v) is 14.1. The van der Waals surface area contributed by atoms with E-state index in [1.807, 2.05) is 0 Å². The minimum atomic E-state index is -0.783. The molecule has 0 aromatic carbocycles. The maximum Gasteiger partial charge on any atom is 0.326 e. The molecule has 0 radical (unpaired) electrons. The van der Waals surface area contributed by atoms with Crippen molar-refractivity contribution >= 4 is 29.2 Å². The standard InChI is InChI=1S/C16H19ClN2O4/c1-15(2,3)23-13(21)8-19-11-4-12(17)18-7-10(11)16(14(19)22)5-9(20)6-16/h4,7,9,20H,5-6,8H2,1-3H3. The molecule has 1 aromatic rings. The smallest absolute Gasteiger partial charge is 0.326 e. The Hall–Kier alpha value is -1.66. The fourth-order valence-corrected chi connectivity index (χ4v) is 3.45. The van der Waals surface area contributed by atoms with Gasteiger partial charge in [0.15, 0.2) is 0 Å². The molecule has 1 spiro atoms. The van der Waals surface area contributed by atoms with Gasteiger partial charge in [-0.1, -0.05) is 11.6 Å². The number of carbonyl (C=O) groups excluding carboxylic acids is 2. The predicted octanol–water partition coefficient (Wildman–Crippen LogP) is 1.82. The molecule has 1 aliphatic carbocycles. The van der Waals surface area contributed by atoms with Gasteiger partial charge in [0.2, 0.25) is 5.91 Å². The van der Waals surface area contributed by atoms with Crippen molar-refractivity contribution in [2.75, 3.05) is 11.4 Å². The number of anilines is 1. The summed E-state index contributed by atoms with van der Waals surface area (Å²) in [5.74, 6) is -0.686. The van der Waals surface area contributed by atoms with Crippen molar-refractivity contribution in [1.82, 2.24) is 4.98 Å². The minimum absolute atomic E-state index is 0.179. The number of carbonyl (C=O) groups is 2. The average Bonchev–Trinajstić information content (AvgIpc) is 2.59. The Bertz CT molecular complexity index is 677. The van der Waals surface area contributed by atoms with Gasteiger partial charge >= 0.3 is 5.97 Å². The van der Waals surface area contributed by atoms with Crippen molar-refractivity contribution in [1.29, 1.82) is 0 Å². The normalized spacial score (nSPS) is 26.2. The van der Waals surface area contributed by atoms with E-state index in [4.69, 9.17) is 16.3 Å². The number of aliphatic hydroxyl groups is 1. The number of aromatic nitrogens is 1. The van der Waals surface area contributed by atoms with Gasteiger partial charge in [-0.25, -0.2) is 4.98 Å². The van der Waals surface area contributed by atoms with Gasteiger partial charge in [0.25, 0.3) is 0 Å². The van der Waals surface area contributed by atoms with Crippen molar-refractivity contribution in [3.63, 3.8) is 0 Å². The molecule has 1 aliphatic heterocycles. The first-order valence-electron chi connectivity index (χ1n) is 7.50. The Morgan fingerprint density at radius 2 is 2.17 bits per heavy atom. The summed E-state index contributed by atoms with van der Waals surface area (Å²) in [5, 5.41) is 9.94. The summed E-state index contributed by atoms with van der Waals surface area (Å²) in [4.78, 5) is 30.4. The van der Waals surface area contributed by atoms with Crippen LogP contribution in [0.1, 0.15) is 39.2 Å². The van der Waals surface area contributed by atoms with Crippen LogP contribution in [-0.2, 0) is 19.7 Å². The number of halogens is 1. The highest BCUT2D eigenvalue weighted by atomic mass is 35.5. The molecule has 1 aromatic heterocycles. The van der Waals surface area contributed by atoms with E-state index in [0.717, 1.165) is 5.56 Å². The number of nitrogens with zero attached hydrogens (tertiary/aromatic N) is 2. The highest BCUT2D eigenvalue weighted by molar-refractivity contribution is 6.30. The number of esters is 1. The van der Waals surface area contributed by atoms with Crippen LogP contribution in [0, 0.1) is 0 Å². The summed E-state index contributed by atoms with van der Waals surface area (Å²) >= 11 is 5.95. The van der Waals surface area contributed by atoms with Gasteiger partial charge in [0.05, 0.1) is 17.2 Å². The van der Waals surface area contributed by atoms with Crippen LogP contribution < -0.4 is 4.90 Å². The Labute approximate surface area is 139 Å². The van der Waals surface area contributed by atoms with Gasteiger partial charge in [-0.15, -0.1) is 0 Å². The van der Waals surface area contributed by atoms with Crippen LogP contribution in [0.2, 0.25) is 5.15 Å². The number of hydrogen-bond acceptors (Lipinski definition) is 5. The molecule has 1 amide bonds. The molecule has 2 heterocycles. The second kappa shape index (κ2) is 5.18. The largest absolute Gasteiger partial charge is 0.459 e. The van der Waals surface area contributed by atoms with Crippen LogP contribution in [0.25, 0.3) is 0 Å². The molecule has 0 atom stereocenters. The zero-order valence-electron chi connectivity index (χ0n) is 13.3. The molecule has 6 nitrogen and oxygen atoms in total. The lowest BCUT2D eigenvalue weighted by Gasteiger charge is -2.40. The molecule has 3 rings (SSSR count). The molecule has 7 heteroatoms. The van der Waals surface area contributed by atoms with Crippen LogP contribution in [-0.4, -0.2) is 40.2 Å². The van der Waals surface area contributed by atoms with E-state index in [9.17, 15) is 14.7 Å². The first-order chi connectivity index (χ1) is 10.6. The Morgan fingerprint density at radius 1 is 1.52 bits per heavy atom. The number of pyridine rings is 1. The van der Waals surface area contributed by atoms with Crippen molar-refractivity contribution < 1.29 is 19.4 Å². The summed E-state index contributed by atoms with van der Waals surface area (Å²) in [6.45, 7) is 5.14. The van der Waals surface area contributed by atoms with Gasteiger partial charge in [-0.05, 0) is 39.7 Å². The fraction of sp³-hybridized carbons (Fsp3) is 0.562. The fourth-order valence-electron chi connectivity index (χ4n) is 3.29. The van der Waals surface area contributed by atoms with Crippen LogP contribution in [0.15, 0.2) is 12.3 Å². The molecule has 1 saturated carbocycles. The highest BCUT2D eigenvalue weighted by Gasteiger charge is 2.58. The van der Waals surface area contributed by atoms with E-state index >= 15 is 0 Å². The summed E-state index contributed by atoms with van der Waals surface area (Å²) in [5.41, 5.74) is -0.106. The summed E-state index contributed by atoms with van der Waals surface area (Å²) in [6, 6.07) is 1.58. The topological polar surface area (TPSA) is 79.7 Å². The summed E-state index contributed by atoms with van der Waals surface area (Å²) < 4.78 is 5.30. The SMILES string of the molecule is CC(C)(C)OC(=O)CN1C(=O)C2(CC(O)C2)c2cnc(Cl)cc21. The van der Waals surface area contributed by atoms with E-state index in [1.165, 1.54) is 4.90 Å². The number of aliphatic hydroxyl groups excluding tert-OH is 1. The quantitative estimate of drug-likeness (QED) is 0.657. The molecular formula is C16H19ClN2O4. The highest BCUT2D eigenvalue weighted by Crippen LogP contribution is 2.53. The third-order valence-electron chi connectivity index (χ3n) is 4.19. The van der Waals surface area contributed by atoms with Crippen molar-refractivity contribution in [2.24, 2.45) is 0 Å². The van der Waals surface area contributed by atoms with E-state index in [-0.39, 0.29) is 17.6 Å². The van der Waals surface area contributed by atoms with E-state index < -0.39 is 23.1 Å². The lowest BCUT2D eigenvalue weighted by atomic mass is 9.64. The third-order valence-corrected chi connectivity index (χ3v) is 4.39. The summed E-state index contributed by atoms with van der Waals surface area (Å²) in [7, 11) is 0. The lowest BCUT2D eigenvalue weighted by Crippen LogP contribution is -2.52. The second-order valence-electron chi connectivity index (χ2n) is 7.15. The van der Waals surface area contributed by atoms with Crippen molar-refractivity contribution in [2.45, 2.75) is 50.7 Å². The number of ether oxygens (including phenoxy) is 1. The Balaban J connectivity index is 1.91. The van der Waals surface area contributed by atoms with Crippen LogP contribution in [0.3, 0.4) is 0 Å². The number of rotatable bonds is 2. The molecule has 0 bridgehead atoms. The van der Waals surface area contributed by atoms with Gasteiger partial charge in [-0.3, -0.25) is 14.5 Å². The molecule has 124 valence electrons. The van der Waals surface area contributed by atoms with Gasteiger partial charge in [0, 0.05) is 11.8 Å². The average molecular weight is 339 g/mol. The van der Waals surface area contributed by atoms with Gasteiger partial charge in [-0.2, -0.15) is 0 Å². The number of fused-ring (bicyclic) bond motifs is 2. The molecule has 23 heavy (non-hydrogen) atoms. The van der Waals surface area contributed by atoms with E-state index in [1.54, 1.807) is 33.0 Å². The first-order valence-corrected chi connectivity index (χ1v) is 7.88. The monoisotopic (exact) mass is 338 g/mol. The maximum absolute atomic E-state index is 12.9. The van der Waals surface area contributed by atoms with Crippen LogP contribution in [0.4, 0.5) is 5.69 Å². The Morgan fingerprint density at radius 3 is 2.74 bits per heavy atom. The predicted molar refractivity (Wildman–Crippen MR) is 84.4 cm³/mol. The number of amides is 1. The molecular weight excluding hydrogens is 320 g/mol. The van der Waals surface area contributed by atoms with Crippen molar-refractivity contribution in [3.8, 4) is 0 Å². The van der Waals surface area contributed by atoms with Gasteiger partial charge < -0.3 is 9.84 Å². The van der Waals surface area contributed by atoms with Crippen LogP contribution in [0.5, 0.6) is 0 Å². The van der Waals surface area contributed by atoms with E-state index in [0.29, 0.717) is 18.5 Å². The summed E-state index contributed by atoms with van der Waals surface area (Å²) in [6.07, 6.45) is 1.74. The third kappa shape index (κ3) is 2.70. The molecule has 0 saturated heterocycles. The Kier molecular flexibility index (Phi) is 3.65. The van der Waals surface area contributed by atoms with Crippen molar-refractivity contribution in [3.05, 3.63) is 23.0 Å². The molecule has 1 fully saturated rings. The number of hydrogen-bond donors (Lipinski definition) is 1. The second-order valence-corrected chi connectivity index (χ2v) is 7.53. The zero-order chi connectivity index (χ0) is 17.0.